The van der Waals surface area contributed by atoms with Crippen LogP contribution in [-0.2, 0) is 16.1 Å². The van der Waals surface area contributed by atoms with E-state index in [1.807, 2.05) is 19.9 Å². The number of rotatable bonds is 9. The maximum atomic E-state index is 13.7. The van der Waals surface area contributed by atoms with E-state index in [0.29, 0.717) is 18.2 Å². The molecule has 0 radical (unpaired) electrons. The molecule has 2 aromatic rings. The average Bonchev–Trinajstić information content (AvgIpc) is 2.90. The van der Waals surface area contributed by atoms with Gasteiger partial charge in [0.2, 0.25) is 5.91 Å². The van der Waals surface area contributed by atoms with Gasteiger partial charge in [0.15, 0.2) is 0 Å². The van der Waals surface area contributed by atoms with E-state index in [0.717, 1.165) is 67.9 Å². The molecule has 0 aliphatic carbocycles. The highest BCUT2D eigenvalue weighted by Crippen LogP contribution is 2.34. The first-order chi connectivity index (χ1) is 18.7. The zero-order valence-electron chi connectivity index (χ0n) is 24.5. The second-order valence-electron chi connectivity index (χ2n) is 11.7. The molecule has 2 aliphatic rings. The molecular formula is C32H46N4O3. The standard InChI is InChI=1S/C32H46N4O3/c1-7-36(27-12-14-39-15-13-27)30-18-26(25-10-8-24(9-11-25)20-35(5)6)17-28(23(30)4)31(37)33-19-29-21(2)16-22(3)34-32(29)38/h8-11,17-18,21-22,27,29H,7,12-16,19-20H2,1-6H3,(H,33,37)(H,34,38). The van der Waals surface area contributed by atoms with Crippen molar-refractivity contribution < 1.29 is 14.3 Å². The maximum absolute atomic E-state index is 13.7. The maximum Gasteiger partial charge on any atom is 0.251 e. The second-order valence-corrected chi connectivity index (χ2v) is 11.7. The fraction of sp³-hybridized carbons (Fsp3) is 0.562. The molecular weight excluding hydrogens is 488 g/mol. The number of ether oxygens (including phenoxy) is 1. The van der Waals surface area contributed by atoms with Crippen molar-refractivity contribution in [2.45, 2.75) is 65.6 Å². The summed E-state index contributed by atoms with van der Waals surface area (Å²) in [5, 5.41) is 6.15. The molecule has 2 N–H and O–H groups in total. The van der Waals surface area contributed by atoms with Crippen molar-refractivity contribution in [3.8, 4) is 11.1 Å². The van der Waals surface area contributed by atoms with Crippen molar-refractivity contribution in [1.29, 1.82) is 0 Å². The lowest BCUT2D eigenvalue weighted by atomic mass is 9.84. The third kappa shape index (κ3) is 7.00. The fourth-order valence-electron chi connectivity index (χ4n) is 6.17. The number of piperidine rings is 1. The zero-order valence-corrected chi connectivity index (χ0v) is 24.5. The number of anilines is 1. The molecule has 39 heavy (non-hydrogen) atoms. The number of carbonyl (C=O) groups excluding carboxylic acids is 2. The lowest BCUT2D eigenvalue weighted by Crippen LogP contribution is -2.50. The third-order valence-corrected chi connectivity index (χ3v) is 8.31. The fourth-order valence-corrected chi connectivity index (χ4v) is 6.17. The predicted molar refractivity (Wildman–Crippen MR) is 158 cm³/mol. The van der Waals surface area contributed by atoms with Crippen LogP contribution < -0.4 is 15.5 Å². The van der Waals surface area contributed by atoms with Gasteiger partial charge in [-0.2, -0.15) is 0 Å². The van der Waals surface area contributed by atoms with Gasteiger partial charge in [0, 0.05) is 56.2 Å². The summed E-state index contributed by atoms with van der Waals surface area (Å²) in [6, 6.07) is 13.4. The van der Waals surface area contributed by atoms with Gasteiger partial charge in [0.1, 0.15) is 0 Å². The van der Waals surface area contributed by atoms with Gasteiger partial charge < -0.3 is 25.2 Å². The van der Waals surface area contributed by atoms with Crippen molar-refractivity contribution in [3.63, 3.8) is 0 Å². The summed E-state index contributed by atoms with van der Waals surface area (Å²) in [6.45, 7) is 12.0. The number of hydrogen-bond donors (Lipinski definition) is 2. The third-order valence-electron chi connectivity index (χ3n) is 8.31. The quantitative estimate of drug-likeness (QED) is 0.491. The molecule has 0 bridgehead atoms. The first-order valence-electron chi connectivity index (χ1n) is 14.5. The first kappa shape index (κ1) is 29.1. The van der Waals surface area contributed by atoms with Crippen LogP contribution in [0.3, 0.4) is 0 Å². The van der Waals surface area contributed by atoms with E-state index in [4.69, 9.17) is 4.74 Å². The summed E-state index contributed by atoms with van der Waals surface area (Å²) in [4.78, 5) is 30.9. The highest BCUT2D eigenvalue weighted by molar-refractivity contribution is 5.99. The molecule has 0 spiro atoms. The number of amides is 2. The molecule has 2 aromatic carbocycles. The molecule has 2 amide bonds. The van der Waals surface area contributed by atoms with E-state index in [-0.39, 0.29) is 29.7 Å². The Hall–Kier alpha value is -2.90. The minimum atomic E-state index is -0.216. The van der Waals surface area contributed by atoms with Crippen LogP contribution in [0.4, 0.5) is 5.69 Å². The van der Waals surface area contributed by atoms with Crippen molar-refractivity contribution in [1.82, 2.24) is 15.5 Å². The second kappa shape index (κ2) is 13.0. The molecule has 2 aliphatic heterocycles. The van der Waals surface area contributed by atoms with Crippen LogP contribution >= 0.6 is 0 Å². The van der Waals surface area contributed by atoms with Crippen molar-refractivity contribution in [2.75, 3.05) is 45.3 Å². The van der Waals surface area contributed by atoms with E-state index in [1.54, 1.807) is 0 Å². The predicted octanol–water partition coefficient (Wildman–Crippen LogP) is 4.62. The van der Waals surface area contributed by atoms with Crippen LogP contribution in [0.1, 0.15) is 61.5 Å². The number of hydrogen-bond acceptors (Lipinski definition) is 5. The summed E-state index contributed by atoms with van der Waals surface area (Å²) >= 11 is 0. The van der Waals surface area contributed by atoms with Crippen LogP contribution in [0.25, 0.3) is 11.1 Å². The zero-order chi connectivity index (χ0) is 28.1. The van der Waals surface area contributed by atoms with Crippen LogP contribution in [0.2, 0.25) is 0 Å². The molecule has 4 rings (SSSR count). The SMILES string of the molecule is CCN(c1cc(-c2ccc(CN(C)C)cc2)cc(C(=O)NCC2C(=O)NC(C)CC2C)c1C)C1CCOCC1. The van der Waals surface area contributed by atoms with Crippen molar-refractivity contribution >= 4 is 17.5 Å². The molecule has 3 atom stereocenters. The van der Waals surface area contributed by atoms with Crippen molar-refractivity contribution in [2.24, 2.45) is 11.8 Å². The Morgan fingerprint density at radius 3 is 2.38 bits per heavy atom. The smallest absolute Gasteiger partial charge is 0.251 e. The van der Waals surface area contributed by atoms with Crippen molar-refractivity contribution in [3.05, 3.63) is 53.1 Å². The minimum absolute atomic E-state index is 0.0298. The van der Waals surface area contributed by atoms with E-state index in [9.17, 15) is 9.59 Å². The van der Waals surface area contributed by atoms with Crippen LogP contribution in [0.15, 0.2) is 36.4 Å². The molecule has 212 valence electrons. The van der Waals surface area contributed by atoms with E-state index >= 15 is 0 Å². The van der Waals surface area contributed by atoms with Gasteiger partial charge in [0.05, 0.1) is 5.92 Å². The Kier molecular flexibility index (Phi) is 9.67. The van der Waals surface area contributed by atoms with E-state index in [1.165, 1.54) is 5.56 Å². The van der Waals surface area contributed by atoms with Gasteiger partial charge in [0.25, 0.3) is 5.91 Å². The number of nitrogens with zero attached hydrogens (tertiary/aromatic N) is 2. The summed E-state index contributed by atoms with van der Waals surface area (Å²) in [5.74, 6) is -0.0859. The van der Waals surface area contributed by atoms with Gasteiger partial charge in [-0.05, 0) is 94.4 Å². The Morgan fingerprint density at radius 2 is 1.77 bits per heavy atom. The van der Waals surface area contributed by atoms with Gasteiger partial charge >= 0.3 is 0 Å². The number of carbonyl (C=O) groups is 2. The normalized spacial score (nSPS) is 22.0. The largest absolute Gasteiger partial charge is 0.381 e. The summed E-state index contributed by atoms with van der Waals surface area (Å²) in [5.41, 5.74) is 6.11. The molecule has 0 aromatic heterocycles. The molecule has 0 saturated carbocycles. The monoisotopic (exact) mass is 534 g/mol. The topological polar surface area (TPSA) is 73.9 Å². The van der Waals surface area contributed by atoms with E-state index < -0.39 is 0 Å². The Morgan fingerprint density at radius 1 is 1.08 bits per heavy atom. The summed E-state index contributed by atoms with van der Waals surface area (Å²) in [7, 11) is 4.14. The molecule has 2 heterocycles. The van der Waals surface area contributed by atoms with Crippen LogP contribution in [0, 0.1) is 18.8 Å². The lowest BCUT2D eigenvalue weighted by Gasteiger charge is -2.37. The van der Waals surface area contributed by atoms with Crippen LogP contribution in [0.5, 0.6) is 0 Å². The highest BCUT2D eigenvalue weighted by Gasteiger charge is 2.32. The van der Waals surface area contributed by atoms with Gasteiger partial charge in [-0.1, -0.05) is 31.2 Å². The number of nitrogens with one attached hydrogen (secondary N) is 2. The minimum Gasteiger partial charge on any atom is -0.381 e. The molecule has 7 nitrogen and oxygen atoms in total. The van der Waals surface area contributed by atoms with Gasteiger partial charge in [-0.25, -0.2) is 0 Å². The van der Waals surface area contributed by atoms with Gasteiger partial charge in [-0.15, -0.1) is 0 Å². The lowest BCUT2D eigenvalue weighted by molar-refractivity contribution is -0.129. The van der Waals surface area contributed by atoms with E-state index in [2.05, 4.69) is 78.7 Å². The summed E-state index contributed by atoms with van der Waals surface area (Å²) < 4.78 is 5.64. The Bertz CT molecular complexity index is 1140. The Balaban J connectivity index is 1.67. The molecule has 3 unspecified atom stereocenters. The summed E-state index contributed by atoms with van der Waals surface area (Å²) in [6.07, 6.45) is 2.88. The average molecular weight is 535 g/mol. The first-order valence-corrected chi connectivity index (χ1v) is 14.5. The molecule has 2 saturated heterocycles. The van der Waals surface area contributed by atoms with Gasteiger partial charge in [-0.3, -0.25) is 9.59 Å². The molecule has 7 heteroatoms. The Labute approximate surface area is 234 Å². The molecule has 2 fully saturated rings. The highest BCUT2D eigenvalue weighted by atomic mass is 16.5. The van der Waals surface area contributed by atoms with Crippen LogP contribution in [-0.4, -0.2) is 69.2 Å². The number of benzene rings is 2.